The highest BCUT2D eigenvalue weighted by Crippen LogP contribution is 2.22. The maximum atomic E-state index is 11.8. The topological polar surface area (TPSA) is 109 Å². The first-order chi connectivity index (χ1) is 8.10. The van der Waals surface area contributed by atoms with E-state index in [1.165, 1.54) is 0 Å². The number of nitrogens with zero attached hydrogens (tertiary/aromatic N) is 1. The second-order valence-corrected chi connectivity index (χ2v) is 9.07. The van der Waals surface area contributed by atoms with E-state index >= 15 is 0 Å². The van der Waals surface area contributed by atoms with Crippen molar-refractivity contribution >= 4 is 25.8 Å². The van der Waals surface area contributed by atoms with Crippen LogP contribution < -0.4 is 0 Å². The molecule has 0 unspecified atom stereocenters. The van der Waals surface area contributed by atoms with E-state index in [2.05, 4.69) is 0 Å². The van der Waals surface area contributed by atoms with Crippen LogP contribution in [0.3, 0.4) is 0 Å². The van der Waals surface area contributed by atoms with Crippen molar-refractivity contribution in [3.63, 3.8) is 0 Å². The first kappa shape index (κ1) is 15.4. The molecule has 0 spiro atoms. The third-order valence-electron chi connectivity index (χ3n) is 2.79. The van der Waals surface area contributed by atoms with Crippen LogP contribution in [0.4, 0.5) is 0 Å². The minimum absolute atomic E-state index is 0.0277. The molecule has 1 rings (SSSR count). The predicted molar refractivity (Wildman–Crippen MR) is 65.2 cm³/mol. The van der Waals surface area contributed by atoms with Gasteiger partial charge in [-0.3, -0.25) is 4.79 Å². The van der Waals surface area contributed by atoms with Crippen LogP contribution in [0.15, 0.2) is 0 Å². The summed E-state index contributed by atoms with van der Waals surface area (Å²) in [5.41, 5.74) is 0. The predicted octanol–water partition coefficient (Wildman–Crippen LogP) is -0.495. The van der Waals surface area contributed by atoms with Gasteiger partial charge in [0.25, 0.3) is 0 Å². The number of carboxylic acid groups (broad SMARTS) is 1. The summed E-state index contributed by atoms with van der Waals surface area (Å²) < 4.78 is 46.7. The highest BCUT2D eigenvalue weighted by atomic mass is 32.3. The lowest BCUT2D eigenvalue weighted by Crippen LogP contribution is -2.41. The van der Waals surface area contributed by atoms with Crippen LogP contribution in [0, 0.1) is 5.92 Å². The van der Waals surface area contributed by atoms with E-state index < -0.39 is 30.9 Å². The molecule has 1 aliphatic heterocycles. The number of hydrogen-bond donors (Lipinski definition) is 1. The molecule has 0 aromatic heterocycles. The molecule has 0 aliphatic carbocycles. The third kappa shape index (κ3) is 4.91. The highest BCUT2D eigenvalue weighted by Gasteiger charge is 2.31. The van der Waals surface area contributed by atoms with Gasteiger partial charge in [0.15, 0.2) is 14.9 Å². The highest BCUT2D eigenvalue weighted by molar-refractivity contribution is 8.06. The molecule has 7 nitrogen and oxygen atoms in total. The van der Waals surface area contributed by atoms with Gasteiger partial charge in [-0.05, 0) is 18.8 Å². The molecule has 0 radical (unpaired) electrons. The Morgan fingerprint density at radius 3 is 2.11 bits per heavy atom. The van der Waals surface area contributed by atoms with Gasteiger partial charge in [-0.15, -0.1) is 0 Å². The number of sulfonamides is 1. The molecular formula is C9H17NO6S2. The lowest BCUT2D eigenvalue weighted by Gasteiger charge is -2.30. The summed E-state index contributed by atoms with van der Waals surface area (Å²) in [6, 6.07) is 0. The second-order valence-electron chi connectivity index (χ2n) is 4.60. The molecule has 1 N–H and O–H groups in total. The maximum absolute atomic E-state index is 11.8. The number of rotatable bonds is 5. The average molecular weight is 299 g/mol. The van der Waals surface area contributed by atoms with Gasteiger partial charge in [-0.1, -0.05) is 0 Å². The summed E-state index contributed by atoms with van der Waals surface area (Å²) in [4.78, 5) is 10.5. The number of aliphatic carboxylic acids is 1. The van der Waals surface area contributed by atoms with Gasteiger partial charge in [0.05, 0.1) is 0 Å². The Bertz CT molecular complexity index is 501. The van der Waals surface area contributed by atoms with Gasteiger partial charge in [-0.25, -0.2) is 21.1 Å². The van der Waals surface area contributed by atoms with Gasteiger partial charge < -0.3 is 5.11 Å². The molecule has 0 aromatic carbocycles. The Hall–Kier alpha value is -0.670. The molecule has 0 aromatic rings. The molecule has 1 aliphatic rings. The summed E-state index contributed by atoms with van der Waals surface area (Å²) in [6.45, 7) is 0.381. The maximum Gasteiger partial charge on any atom is 0.303 e. The summed E-state index contributed by atoms with van der Waals surface area (Å²) >= 11 is 0. The molecule has 0 amide bonds. The van der Waals surface area contributed by atoms with Crippen molar-refractivity contribution in [3.8, 4) is 0 Å². The SMILES string of the molecule is CS(=O)(=O)CS(=O)(=O)N1CCC(CC(=O)O)CC1. The zero-order valence-electron chi connectivity index (χ0n) is 10.1. The van der Waals surface area contributed by atoms with E-state index in [0.29, 0.717) is 12.8 Å². The van der Waals surface area contributed by atoms with Gasteiger partial charge in [-0.2, -0.15) is 0 Å². The van der Waals surface area contributed by atoms with Crippen molar-refractivity contribution < 1.29 is 26.7 Å². The zero-order chi connectivity index (χ0) is 14.0. The number of carboxylic acids is 1. The lowest BCUT2D eigenvalue weighted by molar-refractivity contribution is -0.138. The number of sulfone groups is 1. The molecule has 9 heteroatoms. The standard InChI is InChI=1S/C9H17NO6S2/c1-17(13,14)7-18(15,16)10-4-2-8(3-5-10)6-9(11)12/h8H,2-7H2,1H3,(H,11,12). The van der Waals surface area contributed by atoms with Crippen molar-refractivity contribution in [2.24, 2.45) is 5.92 Å². The number of piperidine rings is 1. The number of hydrogen-bond acceptors (Lipinski definition) is 5. The van der Waals surface area contributed by atoms with Gasteiger partial charge in [0, 0.05) is 25.8 Å². The molecular weight excluding hydrogens is 282 g/mol. The Morgan fingerprint density at radius 2 is 1.72 bits per heavy atom. The van der Waals surface area contributed by atoms with E-state index in [4.69, 9.17) is 5.11 Å². The van der Waals surface area contributed by atoms with Crippen LogP contribution in [0.25, 0.3) is 0 Å². The van der Waals surface area contributed by atoms with Crippen molar-refractivity contribution in [1.82, 2.24) is 4.31 Å². The first-order valence-electron chi connectivity index (χ1n) is 5.47. The van der Waals surface area contributed by atoms with Crippen LogP contribution in [-0.4, -0.2) is 56.6 Å². The number of carbonyl (C=O) groups is 1. The first-order valence-corrected chi connectivity index (χ1v) is 9.14. The fraction of sp³-hybridized carbons (Fsp3) is 0.889. The van der Waals surface area contributed by atoms with Crippen molar-refractivity contribution in [2.45, 2.75) is 19.3 Å². The molecule has 106 valence electrons. The third-order valence-corrected chi connectivity index (χ3v) is 6.85. The van der Waals surface area contributed by atoms with Crippen LogP contribution in [0.2, 0.25) is 0 Å². The normalized spacial score (nSPS) is 19.8. The van der Waals surface area contributed by atoms with Crippen LogP contribution in [-0.2, 0) is 24.7 Å². The molecule has 0 atom stereocenters. The average Bonchev–Trinajstić information content (AvgIpc) is 2.13. The summed E-state index contributed by atoms with van der Waals surface area (Å²) in [6.07, 6.45) is 1.81. The van der Waals surface area contributed by atoms with Gasteiger partial charge >= 0.3 is 5.97 Å². The van der Waals surface area contributed by atoms with Crippen molar-refractivity contribution in [1.29, 1.82) is 0 Å². The largest absolute Gasteiger partial charge is 0.481 e. The van der Waals surface area contributed by atoms with Crippen LogP contribution >= 0.6 is 0 Å². The summed E-state index contributed by atoms with van der Waals surface area (Å²) in [7, 11) is -7.38. The minimum Gasteiger partial charge on any atom is -0.481 e. The zero-order valence-corrected chi connectivity index (χ0v) is 11.7. The summed E-state index contributed by atoms with van der Waals surface area (Å²) in [5.74, 6) is -0.931. The van der Waals surface area contributed by atoms with E-state index in [9.17, 15) is 21.6 Å². The van der Waals surface area contributed by atoms with Gasteiger partial charge in [0.2, 0.25) is 10.0 Å². The molecule has 1 fully saturated rings. The van der Waals surface area contributed by atoms with E-state index in [1.54, 1.807) is 0 Å². The fourth-order valence-corrected chi connectivity index (χ4v) is 5.51. The molecule has 18 heavy (non-hydrogen) atoms. The quantitative estimate of drug-likeness (QED) is 0.733. The van der Waals surface area contributed by atoms with E-state index in [-0.39, 0.29) is 25.4 Å². The molecule has 1 saturated heterocycles. The molecule has 0 saturated carbocycles. The Morgan fingerprint density at radius 1 is 1.22 bits per heavy atom. The van der Waals surface area contributed by atoms with E-state index in [0.717, 1.165) is 10.6 Å². The van der Waals surface area contributed by atoms with Gasteiger partial charge in [0.1, 0.15) is 0 Å². The lowest BCUT2D eigenvalue weighted by atomic mass is 9.95. The summed E-state index contributed by atoms with van der Waals surface area (Å²) in [5, 5.41) is 7.75. The Kier molecular flexibility index (Phi) is 4.73. The van der Waals surface area contributed by atoms with Crippen LogP contribution in [0.1, 0.15) is 19.3 Å². The Balaban J connectivity index is 2.60. The monoisotopic (exact) mass is 299 g/mol. The second kappa shape index (κ2) is 5.54. The van der Waals surface area contributed by atoms with E-state index in [1.807, 2.05) is 0 Å². The van der Waals surface area contributed by atoms with Crippen molar-refractivity contribution in [3.05, 3.63) is 0 Å². The smallest absolute Gasteiger partial charge is 0.303 e. The van der Waals surface area contributed by atoms with Crippen LogP contribution in [0.5, 0.6) is 0 Å². The fourth-order valence-electron chi connectivity index (χ4n) is 1.98. The minimum atomic E-state index is -3.79. The van der Waals surface area contributed by atoms with Crippen molar-refractivity contribution in [2.75, 3.05) is 24.4 Å². The molecule has 0 bridgehead atoms. The molecule has 1 heterocycles. The Labute approximate surface area is 107 Å².